The molecule has 0 saturated heterocycles. The Kier molecular flexibility index (Phi) is 4.43. The van der Waals surface area contributed by atoms with E-state index in [-0.39, 0.29) is 11.6 Å². The molecule has 0 radical (unpaired) electrons. The highest BCUT2D eigenvalue weighted by Crippen LogP contribution is 2.25. The van der Waals surface area contributed by atoms with Crippen LogP contribution >= 0.6 is 11.3 Å². The minimum absolute atomic E-state index is 0.286. The van der Waals surface area contributed by atoms with Crippen molar-refractivity contribution in [2.24, 2.45) is 0 Å². The summed E-state index contributed by atoms with van der Waals surface area (Å²) >= 11 is 1.32. The van der Waals surface area contributed by atoms with Crippen LogP contribution in [0.5, 0.6) is 0 Å². The number of aryl methyl sites for hydroxylation is 1. The number of amides is 1. The van der Waals surface area contributed by atoms with E-state index < -0.39 is 5.97 Å². The molecule has 0 unspecified atom stereocenters. The highest BCUT2D eigenvalue weighted by atomic mass is 32.1. The van der Waals surface area contributed by atoms with E-state index in [1.165, 1.54) is 18.4 Å². The predicted octanol–water partition coefficient (Wildman–Crippen LogP) is 3.75. The Bertz CT molecular complexity index is 884. The van der Waals surface area contributed by atoms with Gasteiger partial charge in [0.15, 0.2) is 10.8 Å². The minimum Gasteiger partial charge on any atom is -0.465 e. The Labute approximate surface area is 142 Å². The smallest absolute Gasteiger partial charge is 0.337 e. The molecule has 0 saturated carbocycles. The Hall–Kier alpha value is -2.93. The molecule has 2 aromatic heterocycles. The molecule has 2 heterocycles. The molecule has 3 rings (SSSR count). The molecule has 1 amide bonds. The molecular formula is C17H14N2O4S. The number of nitrogens with zero attached hydrogens (tertiary/aromatic N) is 1. The van der Waals surface area contributed by atoms with Gasteiger partial charge in [-0.15, -0.1) is 11.3 Å². The van der Waals surface area contributed by atoms with E-state index >= 15 is 0 Å². The number of esters is 1. The first-order valence-corrected chi connectivity index (χ1v) is 7.96. The van der Waals surface area contributed by atoms with Crippen LogP contribution in [0.2, 0.25) is 0 Å². The maximum absolute atomic E-state index is 12.4. The van der Waals surface area contributed by atoms with Crippen LogP contribution in [0, 0.1) is 6.92 Å². The van der Waals surface area contributed by atoms with Crippen LogP contribution in [0.15, 0.2) is 46.4 Å². The summed E-state index contributed by atoms with van der Waals surface area (Å²) in [7, 11) is 1.31. The molecule has 0 spiro atoms. The van der Waals surface area contributed by atoms with Gasteiger partial charge in [0.05, 0.1) is 18.9 Å². The number of benzene rings is 1. The number of carbonyl (C=O) groups is 2. The predicted molar refractivity (Wildman–Crippen MR) is 90.3 cm³/mol. The molecule has 0 fully saturated rings. The second-order valence-electron chi connectivity index (χ2n) is 4.99. The summed E-state index contributed by atoms with van der Waals surface area (Å²) < 4.78 is 9.96. The number of hydrogen-bond acceptors (Lipinski definition) is 6. The summed E-state index contributed by atoms with van der Waals surface area (Å²) in [6.45, 7) is 1.84. The molecule has 3 aromatic rings. The van der Waals surface area contributed by atoms with Crippen molar-refractivity contribution in [2.75, 3.05) is 12.4 Å². The van der Waals surface area contributed by atoms with E-state index in [0.717, 1.165) is 5.56 Å². The van der Waals surface area contributed by atoms with Crippen molar-refractivity contribution in [1.82, 2.24) is 4.98 Å². The number of nitrogens with one attached hydrogen (secondary N) is 1. The van der Waals surface area contributed by atoms with E-state index in [9.17, 15) is 9.59 Å². The lowest BCUT2D eigenvalue weighted by molar-refractivity contribution is 0.0600. The Morgan fingerprint density at radius 3 is 2.83 bits per heavy atom. The zero-order valence-corrected chi connectivity index (χ0v) is 13.8. The topological polar surface area (TPSA) is 81.4 Å². The fraction of sp³-hybridized carbons (Fsp3) is 0.118. The van der Waals surface area contributed by atoms with E-state index in [1.807, 2.05) is 6.92 Å². The van der Waals surface area contributed by atoms with Gasteiger partial charge in [0, 0.05) is 11.1 Å². The molecule has 122 valence electrons. The highest BCUT2D eigenvalue weighted by molar-refractivity contribution is 7.13. The number of carbonyl (C=O) groups excluding carboxylic acids is 2. The van der Waals surface area contributed by atoms with Crippen LogP contribution in [0.3, 0.4) is 0 Å². The van der Waals surface area contributed by atoms with Crippen LogP contribution in [-0.2, 0) is 4.74 Å². The van der Waals surface area contributed by atoms with Gasteiger partial charge in [0.2, 0.25) is 0 Å². The third-order valence-corrected chi connectivity index (χ3v) is 4.23. The van der Waals surface area contributed by atoms with Crippen molar-refractivity contribution in [3.05, 3.63) is 58.8 Å². The number of methoxy groups -OCH3 is 1. The zero-order chi connectivity index (χ0) is 17.1. The van der Waals surface area contributed by atoms with Crippen molar-refractivity contribution in [1.29, 1.82) is 0 Å². The lowest BCUT2D eigenvalue weighted by Crippen LogP contribution is -2.14. The summed E-state index contributed by atoms with van der Waals surface area (Å²) in [5.41, 5.74) is 2.02. The first-order chi connectivity index (χ1) is 11.6. The largest absolute Gasteiger partial charge is 0.465 e. The van der Waals surface area contributed by atoms with Crippen molar-refractivity contribution < 1.29 is 18.7 Å². The molecular weight excluding hydrogens is 328 g/mol. The maximum atomic E-state index is 12.4. The van der Waals surface area contributed by atoms with Gasteiger partial charge in [-0.3, -0.25) is 4.79 Å². The average molecular weight is 342 g/mol. The summed E-state index contributed by atoms with van der Waals surface area (Å²) in [4.78, 5) is 28.3. The molecule has 24 heavy (non-hydrogen) atoms. The summed E-state index contributed by atoms with van der Waals surface area (Å²) in [5, 5.41) is 5.06. The van der Waals surface area contributed by atoms with Gasteiger partial charge in [0.25, 0.3) is 5.91 Å². The maximum Gasteiger partial charge on any atom is 0.337 e. The Morgan fingerprint density at radius 2 is 2.12 bits per heavy atom. The molecule has 1 aromatic carbocycles. The SMILES string of the molecule is COC(=O)c1ccc(C)c(NC(=O)c2csc(-c3ccco3)n2)c1. The van der Waals surface area contributed by atoms with Gasteiger partial charge in [-0.05, 0) is 36.8 Å². The monoisotopic (exact) mass is 342 g/mol. The van der Waals surface area contributed by atoms with Gasteiger partial charge in [0.1, 0.15) is 5.69 Å². The second kappa shape index (κ2) is 6.67. The normalized spacial score (nSPS) is 10.4. The summed E-state index contributed by atoms with van der Waals surface area (Å²) in [6, 6.07) is 8.52. The highest BCUT2D eigenvalue weighted by Gasteiger charge is 2.15. The number of rotatable bonds is 4. The first-order valence-electron chi connectivity index (χ1n) is 7.08. The van der Waals surface area contributed by atoms with Gasteiger partial charge < -0.3 is 14.5 Å². The number of anilines is 1. The second-order valence-corrected chi connectivity index (χ2v) is 5.85. The number of aromatic nitrogens is 1. The fourth-order valence-electron chi connectivity index (χ4n) is 2.08. The van der Waals surface area contributed by atoms with Gasteiger partial charge in [-0.2, -0.15) is 0 Å². The minimum atomic E-state index is -0.459. The number of ether oxygens (including phenoxy) is 1. The Morgan fingerprint density at radius 1 is 1.29 bits per heavy atom. The van der Waals surface area contributed by atoms with Crippen molar-refractivity contribution >= 4 is 28.9 Å². The molecule has 0 aliphatic carbocycles. The fourth-order valence-corrected chi connectivity index (χ4v) is 2.85. The summed E-state index contributed by atoms with van der Waals surface area (Å²) in [6.07, 6.45) is 1.55. The molecule has 1 N–H and O–H groups in total. The van der Waals surface area contributed by atoms with Crippen molar-refractivity contribution in [3.63, 3.8) is 0 Å². The van der Waals surface area contributed by atoms with Crippen LogP contribution in [0.1, 0.15) is 26.4 Å². The average Bonchev–Trinajstić information content (AvgIpc) is 3.27. The van der Waals surface area contributed by atoms with Crippen LogP contribution in [0.25, 0.3) is 10.8 Å². The Balaban J connectivity index is 1.81. The van der Waals surface area contributed by atoms with E-state index in [2.05, 4.69) is 10.3 Å². The van der Waals surface area contributed by atoms with Gasteiger partial charge >= 0.3 is 5.97 Å². The molecule has 0 aliphatic heterocycles. The van der Waals surface area contributed by atoms with Crippen molar-refractivity contribution in [2.45, 2.75) is 6.92 Å². The van der Waals surface area contributed by atoms with Crippen LogP contribution in [0.4, 0.5) is 5.69 Å². The summed E-state index contributed by atoms with van der Waals surface area (Å²) in [5.74, 6) is -0.198. The van der Waals surface area contributed by atoms with Crippen molar-refractivity contribution in [3.8, 4) is 10.8 Å². The quantitative estimate of drug-likeness (QED) is 0.730. The van der Waals surface area contributed by atoms with E-state index in [0.29, 0.717) is 22.0 Å². The lowest BCUT2D eigenvalue weighted by atomic mass is 10.1. The molecule has 0 atom stereocenters. The zero-order valence-electron chi connectivity index (χ0n) is 13.0. The van der Waals surface area contributed by atoms with Gasteiger partial charge in [-0.1, -0.05) is 6.07 Å². The standard InChI is InChI=1S/C17H14N2O4S/c1-10-5-6-11(17(21)22-2)8-12(10)18-15(20)13-9-24-16(19-13)14-4-3-7-23-14/h3-9H,1-2H3,(H,18,20). The van der Waals surface area contributed by atoms with E-state index in [4.69, 9.17) is 9.15 Å². The molecule has 6 nitrogen and oxygen atoms in total. The molecule has 7 heteroatoms. The number of thiazole rings is 1. The van der Waals surface area contributed by atoms with Gasteiger partial charge in [-0.25, -0.2) is 9.78 Å². The van der Waals surface area contributed by atoms with Crippen LogP contribution in [-0.4, -0.2) is 24.0 Å². The van der Waals surface area contributed by atoms with E-state index in [1.54, 1.807) is 42.0 Å². The first kappa shape index (κ1) is 15.9. The number of hydrogen-bond donors (Lipinski definition) is 1. The lowest BCUT2D eigenvalue weighted by Gasteiger charge is -2.09. The van der Waals surface area contributed by atoms with Crippen LogP contribution < -0.4 is 5.32 Å². The molecule has 0 aliphatic rings. The number of furan rings is 1. The third-order valence-electron chi connectivity index (χ3n) is 3.38. The molecule has 0 bridgehead atoms. The third kappa shape index (κ3) is 3.21.